The maximum atomic E-state index is 13.8. The van der Waals surface area contributed by atoms with E-state index in [2.05, 4.69) is 0 Å². The minimum absolute atomic E-state index is 0.0432. The Kier molecular flexibility index (Phi) is 6.08. The normalized spacial score (nSPS) is 12.4. The van der Waals surface area contributed by atoms with Gasteiger partial charge in [-0.05, 0) is 40.9 Å². The van der Waals surface area contributed by atoms with Gasteiger partial charge in [-0.25, -0.2) is 4.98 Å². The second kappa shape index (κ2) is 9.10. The fraction of sp³-hybridized carbons (Fsp3) is 0.0741. The molecule has 9 heteroatoms. The smallest absolute Gasteiger partial charge is 0.292 e. The van der Waals surface area contributed by atoms with Crippen molar-refractivity contribution in [2.45, 2.75) is 12.4 Å². The van der Waals surface area contributed by atoms with Gasteiger partial charge in [0.25, 0.3) is 0 Å². The summed E-state index contributed by atoms with van der Waals surface area (Å²) >= 11 is 0. The molecule has 5 aromatic rings. The van der Waals surface area contributed by atoms with Gasteiger partial charge in [-0.3, -0.25) is 4.57 Å². The fourth-order valence-electron chi connectivity index (χ4n) is 4.11. The number of halogens is 6. The first kappa shape index (κ1) is 24.1. The van der Waals surface area contributed by atoms with Gasteiger partial charge in [-0.2, -0.15) is 26.3 Å². The molecule has 0 aliphatic carbocycles. The summed E-state index contributed by atoms with van der Waals surface area (Å²) < 4.78 is 83.2. The number of para-hydroxylation sites is 2. The number of fused-ring (bicyclic) bond motifs is 1. The molecule has 0 amide bonds. The number of aromatic nitrogens is 2. The highest BCUT2D eigenvalue weighted by Gasteiger charge is 2.43. The molecule has 0 bridgehead atoms. The first-order chi connectivity index (χ1) is 17.1. The molecule has 36 heavy (non-hydrogen) atoms. The summed E-state index contributed by atoms with van der Waals surface area (Å²) in [6, 6.07) is 27.8. The summed E-state index contributed by atoms with van der Waals surface area (Å²) in [5.41, 5.74) is -2.02. The van der Waals surface area contributed by atoms with E-state index >= 15 is 0 Å². The van der Waals surface area contributed by atoms with Crippen LogP contribution in [0.25, 0.3) is 16.7 Å². The van der Waals surface area contributed by atoms with Gasteiger partial charge in [0.1, 0.15) is 5.57 Å². The Hall–Kier alpha value is -3.64. The number of benzene rings is 4. The van der Waals surface area contributed by atoms with Crippen molar-refractivity contribution in [3.63, 3.8) is 0 Å². The lowest BCUT2D eigenvalue weighted by atomic mass is 10.1. The lowest BCUT2D eigenvalue weighted by molar-refractivity contribution is -0.162. The predicted octanol–water partition coefficient (Wildman–Crippen LogP) is 6.82. The Morgan fingerprint density at radius 1 is 0.583 bits per heavy atom. The predicted molar refractivity (Wildman–Crippen MR) is 130 cm³/mol. The van der Waals surface area contributed by atoms with Crippen molar-refractivity contribution in [3.05, 3.63) is 114 Å². The zero-order valence-corrected chi connectivity index (χ0v) is 19.3. The molecule has 0 spiro atoms. The van der Waals surface area contributed by atoms with Crippen LogP contribution in [0.15, 0.2) is 103 Å². The zero-order valence-electron chi connectivity index (χ0n) is 18.4. The van der Waals surface area contributed by atoms with Crippen LogP contribution >= 0.6 is 7.92 Å². The minimum atomic E-state index is -5.19. The molecule has 0 aliphatic rings. The third-order valence-electron chi connectivity index (χ3n) is 5.64. The van der Waals surface area contributed by atoms with Crippen molar-refractivity contribution in [1.29, 1.82) is 0 Å². The van der Waals surface area contributed by atoms with Gasteiger partial charge < -0.3 is 0 Å². The maximum Gasteiger partial charge on any atom is 0.417 e. The molecule has 0 saturated heterocycles. The molecule has 0 radical (unpaired) electrons. The zero-order chi connectivity index (χ0) is 25.5. The van der Waals surface area contributed by atoms with Gasteiger partial charge in [-0.15, -0.1) is 0 Å². The summed E-state index contributed by atoms with van der Waals surface area (Å²) in [6.07, 6.45) is -10.3. The fourth-order valence-corrected chi connectivity index (χ4v) is 6.44. The molecule has 2 nitrogen and oxygen atoms in total. The van der Waals surface area contributed by atoms with Gasteiger partial charge in [-0.1, -0.05) is 72.8 Å². The molecule has 5 rings (SSSR count). The second-order valence-electron chi connectivity index (χ2n) is 7.97. The minimum Gasteiger partial charge on any atom is -0.292 e. The largest absolute Gasteiger partial charge is 0.417 e. The Labute approximate surface area is 203 Å². The summed E-state index contributed by atoms with van der Waals surface area (Å²) in [4.78, 5) is 4.79. The molecule has 0 N–H and O–H groups in total. The summed E-state index contributed by atoms with van der Waals surface area (Å²) in [6.45, 7) is 0. The molecule has 182 valence electrons. The van der Waals surface area contributed by atoms with E-state index in [9.17, 15) is 26.3 Å². The van der Waals surface area contributed by atoms with E-state index in [-0.39, 0.29) is 5.69 Å². The van der Waals surface area contributed by atoms with E-state index in [1.807, 2.05) is 60.7 Å². The molecule has 0 fully saturated rings. The van der Waals surface area contributed by atoms with E-state index in [1.165, 1.54) is 4.57 Å². The van der Waals surface area contributed by atoms with E-state index in [0.717, 1.165) is 16.7 Å². The molecular formula is C27H17F6N2P. The number of nitrogens with zero attached hydrogens (tertiary/aromatic N) is 2. The van der Waals surface area contributed by atoms with Crippen molar-refractivity contribution in [2.24, 2.45) is 0 Å². The lowest BCUT2D eigenvalue weighted by Crippen LogP contribution is -2.27. The first-order valence-corrected chi connectivity index (χ1v) is 12.2. The van der Waals surface area contributed by atoms with Crippen LogP contribution in [0.2, 0.25) is 0 Å². The highest BCUT2D eigenvalue weighted by molar-refractivity contribution is 7.79. The molecule has 4 aromatic carbocycles. The molecular weight excluding hydrogens is 497 g/mol. The molecule has 0 unspecified atom stereocenters. The van der Waals surface area contributed by atoms with Crippen molar-refractivity contribution in [3.8, 4) is 5.69 Å². The van der Waals surface area contributed by atoms with Crippen molar-refractivity contribution in [2.75, 3.05) is 0 Å². The van der Waals surface area contributed by atoms with Crippen LogP contribution < -0.4 is 16.2 Å². The standard InChI is InChI=1S/C27H17F6N2P/c28-26(29,30)21-16-15-18(17-22(21)27(31,32)33)35-24-14-8-7-13-23(24)34-25(35)36(19-9-3-1-4-10-19)20-11-5-2-6-12-20/h1-17H. The highest BCUT2D eigenvalue weighted by Crippen LogP contribution is 2.42. The number of hydrogen-bond donors (Lipinski definition) is 0. The van der Waals surface area contributed by atoms with Gasteiger partial charge >= 0.3 is 12.4 Å². The molecule has 0 atom stereocenters. The molecule has 0 saturated carbocycles. The van der Waals surface area contributed by atoms with Crippen LogP contribution in [0, 0.1) is 0 Å². The summed E-state index contributed by atoms with van der Waals surface area (Å²) in [7, 11) is -1.36. The molecule has 1 aromatic heterocycles. The SMILES string of the molecule is FC(F)(F)c1ccc(-n2c(P(c3ccccc3)c3ccccc3)nc3ccccc32)cc1C(F)(F)F. The third-order valence-corrected chi connectivity index (χ3v) is 7.97. The monoisotopic (exact) mass is 514 g/mol. The van der Waals surface area contributed by atoms with Gasteiger partial charge in [0, 0.05) is 13.6 Å². The van der Waals surface area contributed by atoms with E-state index in [0.29, 0.717) is 28.7 Å². The summed E-state index contributed by atoms with van der Waals surface area (Å²) in [5.74, 6) is 0. The van der Waals surface area contributed by atoms with Crippen LogP contribution in [-0.2, 0) is 12.4 Å². The first-order valence-electron chi connectivity index (χ1n) is 10.8. The van der Waals surface area contributed by atoms with Crippen LogP contribution in [0.4, 0.5) is 26.3 Å². The molecule has 1 heterocycles. The quantitative estimate of drug-likeness (QED) is 0.190. The summed E-state index contributed by atoms with van der Waals surface area (Å²) in [5, 5.41) is 1.80. The Morgan fingerprint density at radius 2 is 1.11 bits per heavy atom. The van der Waals surface area contributed by atoms with Gasteiger partial charge in [0.2, 0.25) is 0 Å². The number of alkyl halides is 6. The van der Waals surface area contributed by atoms with Crippen molar-refractivity contribution >= 4 is 35.1 Å². The number of rotatable bonds is 4. The average molecular weight is 514 g/mol. The van der Waals surface area contributed by atoms with Crippen LogP contribution in [-0.4, -0.2) is 9.55 Å². The van der Waals surface area contributed by atoms with Crippen LogP contribution in [0.5, 0.6) is 0 Å². The van der Waals surface area contributed by atoms with E-state index < -0.39 is 31.4 Å². The molecule has 0 aliphatic heterocycles. The van der Waals surface area contributed by atoms with Crippen LogP contribution in [0.3, 0.4) is 0 Å². The Bertz CT molecular complexity index is 1470. The Morgan fingerprint density at radius 3 is 1.67 bits per heavy atom. The van der Waals surface area contributed by atoms with Crippen molar-refractivity contribution < 1.29 is 26.3 Å². The topological polar surface area (TPSA) is 17.8 Å². The lowest BCUT2D eigenvalue weighted by Gasteiger charge is -2.22. The third kappa shape index (κ3) is 4.49. The Balaban J connectivity index is 1.83. The second-order valence-corrected chi connectivity index (χ2v) is 10.1. The highest BCUT2D eigenvalue weighted by atomic mass is 31.1. The van der Waals surface area contributed by atoms with Crippen LogP contribution in [0.1, 0.15) is 11.1 Å². The number of imidazole rings is 1. The van der Waals surface area contributed by atoms with E-state index in [4.69, 9.17) is 4.98 Å². The maximum absolute atomic E-state index is 13.8. The van der Waals surface area contributed by atoms with Crippen molar-refractivity contribution in [1.82, 2.24) is 9.55 Å². The van der Waals surface area contributed by atoms with Gasteiger partial charge in [0.05, 0.1) is 22.2 Å². The number of hydrogen-bond acceptors (Lipinski definition) is 1. The van der Waals surface area contributed by atoms with Gasteiger partial charge in [0.15, 0.2) is 0 Å². The average Bonchev–Trinajstić information content (AvgIpc) is 3.23. The van der Waals surface area contributed by atoms with E-state index in [1.54, 1.807) is 24.3 Å².